The van der Waals surface area contributed by atoms with Gasteiger partial charge in [0.2, 0.25) is 11.8 Å². The van der Waals surface area contributed by atoms with E-state index in [2.05, 4.69) is 45.3 Å². The van der Waals surface area contributed by atoms with Gasteiger partial charge in [0.1, 0.15) is 12.3 Å². The Morgan fingerprint density at radius 2 is 2.13 bits per heavy atom. The van der Waals surface area contributed by atoms with Gasteiger partial charge in [-0.1, -0.05) is 12.1 Å². The molecule has 0 fully saturated rings. The summed E-state index contributed by atoms with van der Waals surface area (Å²) in [5.41, 5.74) is 8.42. The maximum Gasteiger partial charge on any atom is 0.237 e. The van der Waals surface area contributed by atoms with E-state index in [4.69, 9.17) is 14.7 Å². The predicted molar refractivity (Wildman–Crippen MR) is 122 cm³/mol. The van der Waals surface area contributed by atoms with Gasteiger partial charge in [0.25, 0.3) is 0 Å². The van der Waals surface area contributed by atoms with E-state index in [1.54, 1.807) is 0 Å². The number of nitrogens with one attached hydrogen (secondary N) is 4. The second-order valence-corrected chi connectivity index (χ2v) is 7.86. The minimum absolute atomic E-state index is 0.598. The molecule has 31 heavy (non-hydrogen) atoms. The van der Waals surface area contributed by atoms with Crippen LogP contribution >= 0.6 is 0 Å². The van der Waals surface area contributed by atoms with Crippen molar-refractivity contribution in [1.82, 2.24) is 25.6 Å². The molecule has 0 aliphatic carbocycles. The first-order chi connectivity index (χ1) is 15.2. The summed E-state index contributed by atoms with van der Waals surface area (Å²) < 4.78 is 5.71. The van der Waals surface area contributed by atoms with Gasteiger partial charge >= 0.3 is 0 Å². The highest BCUT2D eigenvalue weighted by atomic mass is 16.5. The van der Waals surface area contributed by atoms with E-state index in [0.29, 0.717) is 18.4 Å². The third-order valence-electron chi connectivity index (χ3n) is 5.70. The summed E-state index contributed by atoms with van der Waals surface area (Å²) >= 11 is 0. The first kappa shape index (κ1) is 19.7. The maximum atomic E-state index is 5.71. The second-order valence-electron chi connectivity index (χ2n) is 7.86. The number of aromatic nitrogens is 3. The van der Waals surface area contributed by atoms with Crippen LogP contribution in [0.1, 0.15) is 22.4 Å². The van der Waals surface area contributed by atoms with E-state index in [0.717, 1.165) is 66.5 Å². The van der Waals surface area contributed by atoms with Crippen molar-refractivity contribution in [2.24, 2.45) is 0 Å². The molecule has 0 amide bonds. The minimum atomic E-state index is 0.598. The average molecular weight is 418 g/mol. The van der Waals surface area contributed by atoms with Crippen LogP contribution in [0, 0.1) is 6.92 Å². The molecule has 2 aliphatic rings. The zero-order valence-corrected chi connectivity index (χ0v) is 17.9. The molecule has 4 N–H and O–H groups in total. The zero-order chi connectivity index (χ0) is 21.2. The van der Waals surface area contributed by atoms with E-state index >= 15 is 0 Å². The molecule has 0 atom stereocenters. The Bertz CT molecular complexity index is 1120. The summed E-state index contributed by atoms with van der Waals surface area (Å²) in [6.07, 6.45) is 2.77. The van der Waals surface area contributed by atoms with Gasteiger partial charge in [-0.3, -0.25) is 0 Å². The molecule has 160 valence electrons. The fourth-order valence-electron chi connectivity index (χ4n) is 4.19. The van der Waals surface area contributed by atoms with E-state index < -0.39 is 0 Å². The van der Waals surface area contributed by atoms with Crippen LogP contribution in [0.4, 0.5) is 17.3 Å². The molecular formula is C23H27N7O. The Hall–Kier alpha value is -3.23. The summed E-state index contributed by atoms with van der Waals surface area (Å²) in [5.74, 6) is 1.26. The number of hydrogen-bond donors (Lipinski definition) is 4. The maximum absolute atomic E-state index is 5.71. The molecule has 4 heterocycles. The lowest BCUT2D eigenvalue weighted by atomic mass is 9.97. The molecule has 8 nitrogen and oxygen atoms in total. The SMILES string of the molecule is CNCc1cccc(Nc2nc3c(c(-c4cnc5c(c4C)NCCO5)n2)CCNC3)c1. The van der Waals surface area contributed by atoms with Crippen molar-refractivity contribution in [3.8, 4) is 17.1 Å². The highest BCUT2D eigenvalue weighted by molar-refractivity contribution is 5.77. The highest BCUT2D eigenvalue weighted by Crippen LogP contribution is 2.37. The van der Waals surface area contributed by atoms with Gasteiger partial charge in [0.05, 0.1) is 11.4 Å². The Kier molecular flexibility index (Phi) is 5.40. The molecular weight excluding hydrogens is 390 g/mol. The van der Waals surface area contributed by atoms with Crippen LogP contribution in [0.2, 0.25) is 0 Å². The van der Waals surface area contributed by atoms with Crippen molar-refractivity contribution < 1.29 is 4.74 Å². The predicted octanol–water partition coefficient (Wildman–Crippen LogP) is 2.76. The molecule has 0 radical (unpaired) electrons. The topological polar surface area (TPSA) is 96.0 Å². The van der Waals surface area contributed by atoms with Gasteiger partial charge < -0.3 is 26.0 Å². The Morgan fingerprint density at radius 3 is 3.03 bits per heavy atom. The molecule has 2 aliphatic heterocycles. The fraction of sp³-hybridized carbons (Fsp3) is 0.348. The highest BCUT2D eigenvalue weighted by Gasteiger charge is 2.23. The van der Waals surface area contributed by atoms with Crippen LogP contribution in [-0.4, -0.2) is 41.7 Å². The van der Waals surface area contributed by atoms with E-state index in [9.17, 15) is 0 Å². The van der Waals surface area contributed by atoms with E-state index in [1.165, 1.54) is 11.1 Å². The Labute approximate surface area is 181 Å². The lowest BCUT2D eigenvalue weighted by Crippen LogP contribution is -2.26. The van der Waals surface area contributed by atoms with Crippen molar-refractivity contribution in [1.29, 1.82) is 0 Å². The molecule has 1 aromatic carbocycles. The largest absolute Gasteiger partial charge is 0.474 e. The number of rotatable bonds is 5. The Morgan fingerprint density at radius 1 is 1.19 bits per heavy atom. The summed E-state index contributed by atoms with van der Waals surface area (Å²) in [6, 6.07) is 8.29. The van der Waals surface area contributed by atoms with Gasteiger partial charge in [0, 0.05) is 42.6 Å². The van der Waals surface area contributed by atoms with Gasteiger partial charge in [-0.25, -0.2) is 15.0 Å². The monoisotopic (exact) mass is 417 g/mol. The normalized spacial score (nSPS) is 14.8. The second kappa shape index (κ2) is 8.49. The third kappa shape index (κ3) is 3.92. The number of fused-ring (bicyclic) bond motifs is 2. The molecule has 3 aromatic rings. The zero-order valence-electron chi connectivity index (χ0n) is 17.9. The molecule has 0 saturated carbocycles. The summed E-state index contributed by atoms with van der Waals surface area (Å²) in [4.78, 5) is 14.4. The molecule has 0 spiro atoms. The number of benzene rings is 1. The van der Waals surface area contributed by atoms with Gasteiger partial charge in [-0.15, -0.1) is 0 Å². The molecule has 0 unspecified atom stereocenters. The first-order valence-corrected chi connectivity index (χ1v) is 10.7. The van der Waals surface area contributed by atoms with Crippen LogP contribution in [-0.2, 0) is 19.5 Å². The molecule has 0 saturated heterocycles. The quantitative estimate of drug-likeness (QED) is 0.503. The lowest BCUT2D eigenvalue weighted by molar-refractivity contribution is 0.310. The van der Waals surface area contributed by atoms with Crippen LogP contribution in [0.5, 0.6) is 5.88 Å². The third-order valence-corrected chi connectivity index (χ3v) is 5.70. The molecule has 0 bridgehead atoms. The smallest absolute Gasteiger partial charge is 0.237 e. The number of nitrogens with zero attached hydrogens (tertiary/aromatic N) is 3. The molecule has 8 heteroatoms. The fourth-order valence-corrected chi connectivity index (χ4v) is 4.19. The van der Waals surface area contributed by atoms with Gasteiger partial charge in [-0.05, 0) is 50.2 Å². The summed E-state index contributed by atoms with van der Waals surface area (Å²) in [6.45, 7) is 5.97. The van der Waals surface area contributed by atoms with Crippen molar-refractivity contribution in [3.05, 3.63) is 52.8 Å². The van der Waals surface area contributed by atoms with Crippen molar-refractivity contribution in [2.45, 2.75) is 26.4 Å². The van der Waals surface area contributed by atoms with Crippen molar-refractivity contribution in [3.63, 3.8) is 0 Å². The van der Waals surface area contributed by atoms with E-state index in [1.807, 2.05) is 25.4 Å². The molecule has 2 aromatic heterocycles. The van der Waals surface area contributed by atoms with Crippen LogP contribution < -0.4 is 26.0 Å². The number of anilines is 3. The molecule has 5 rings (SSSR count). The number of ether oxygens (including phenoxy) is 1. The van der Waals surface area contributed by atoms with Crippen LogP contribution in [0.25, 0.3) is 11.3 Å². The standard InChI is InChI=1S/C23H27N7O/c1-14-18(12-27-22-20(14)26-8-9-31-22)21-17-6-7-25-13-19(17)29-23(30-21)28-16-5-3-4-15(10-16)11-24-2/h3-5,10,12,24-26H,6-9,11,13H2,1-2H3,(H,28,29,30). The van der Waals surface area contributed by atoms with Crippen LogP contribution in [0.3, 0.4) is 0 Å². The minimum Gasteiger partial charge on any atom is -0.474 e. The van der Waals surface area contributed by atoms with Crippen molar-refractivity contribution in [2.75, 3.05) is 37.4 Å². The lowest BCUT2D eigenvalue weighted by Gasteiger charge is -2.24. The number of hydrogen-bond acceptors (Lipinski definition) is 8. The average Bonchev–Trinajstić information content (AvgIpc) is 2.80. The van der Waals surface area contributed by atoms with Crippen molar-refractivity contribution >= 4 is 17.3 Å². The number of pyridine rings is 1. The van der Waals surface area contributed by atoms with Gasteiger partial charge in [0.15, 0.2) is 0 Å². The Balaban J connectivity index is 1.57. The van der Waals surface area contributed by atoms with Gasteiger partial charge in [-0.2, -0.15) is 0 Å². The van der Waals surface area contributed by atoms with Crippen LogP contribution in [0.15, 0.2) is 30.5 Å². The first-order valence-electron chi connectivity index (χ1n) is 10.7. The van der Waals surface area contributed by atoms with E-state index in [-0.39, 0.29) is 0 Å². The summed E-state index contributed by atoms with van der Waals surface area (Å²) in [7, 11) is 1.95. The summed E-state index contributed by atoms with van der Waals surface area (Å²) in [5, 5.41) is 13.4.